The highest BCUT2D eigenvalue weighted by atomic mass is 16.6. The highest BCUT2D eigenvalue weighted by Gasteiger charge is 2.28. The Balaban J connectivity index is 2.22. The Labute approximate surface area is 92.4 Å². The summed E-state index contributed by atoms with van der Waals surface area (Å²) in [6.07, 6.45) is 3.63. The molecule has 5 nitrogen and oxygen atoms in total. The lowest BCUT2D eigenvalue weighted by Gasteiger charge is -2.19. The summed E-state index contributed by atoms with van der Waals surface area (Å²) >= 11 is 0. The summed E-state index contributed by atoms with van der Waals surface area (Å²) in [6.45, 7) is 0. The van der Waals surface area contributed by atoms with Gasteiger partial charge in [-0.2, -0.15) is 0 Å². The molecule has 0 N–H and O–H groups in total. The van der Waals surface area contributed by atoms with Gasteiger partial charge in [0.1, 0.15) is 5.75 Å². The summed E-state index contributed by atoms with van der Waals surface area (Å²) in [6, 6.07) is 1.78. The number of cyclic esters (lactones) is 2. The van der Waals surface area contributed by atoms with Gasteiger partial charge >= 0.3 is 11.9 Å². The minimum atomic E-state index is -0.482. The van der Waals surface area contributed by atoms with Crippen molar-refractivity contribution in [3.05, 3.63) is 24.0 Å². The lowest BCUT2D eigenvalue weighted by Crippen LogP contribution is -2.24. The number of methoxy groups -OCH3 is 1. The van der Waals surface area contributed by atoms with Gasteiger partial charge in [0.15, 0.2) is 0 Å². The molecule has 0 aliphatic carbocycles. The van der Waals surface area contributed by atoms with Crippen molar-refractivity contribution in [3.8, 4) is 5.75 Å². The lowest BCUT2D eigenvalue weighted by atomic mass is 9.92. The smallest absolute Gasteiger partial charge is 0.314 e. The molecule has 1 saturated heterocycles. The second-order valence-electron chi connectivity index (χ2n) is 3.61. The summed E-state index contributed by atoms with van der Waals surface area (Å²) in [5.41, 5.74) is 0.823. The largest absolute Gasteiger partial charge is 0.495 e. The second kappa shape index (κ2) is 4.30. The molecule has 2 rings (SSSR count). The van der Waals surface area contributed by atoms with E-state index in [1.807, 2.05) is 0 Å². The number of aromatic nitrogens is 1. The second-order valence-corrected chi connectivity index (χ2v) is 3.61. The topological polar surface area (TPSA) is 65.5 Å². The molecular formula is C11H11NO4. The third-order valence-corrected chi connectivity index (χ3v) is 2.50. The Morgan fingerprint density at radius 1 is 1.31 bits per heavy atom. The molecule has 0 amide bonds. The Morgan fingerprint density at radius 2 is 2.00 bits per heavy atom. The van der Waals surface area contributed by atoms with Crippen LogP contribution in [0.5, 0.6) is 5.75 Å². The number of pyridine rings is 1. The molecule has 1 fully saturated rings. The maximum atomic E-state index is 11.1. The molecule has 0 saturated carbocycles. The molecule has 0 radical (unpaired) electrons. The SMILES string of the molecule is COc1cncc(C2CC(=O)OC(=O)C2)c1. The highest BCUT2D eigenvalue weighted by Crippen LogP contribution is 2.29. The molecular weight excluding hydrogens is 210 g/mol. The number of ether oxygens (including phenoxy) is 2. The molecule has 0 unspecified atom stereocenters. The summed E-state index contributed by atoms with van der Waals surface area (Å²) in [4.78, 5) is 26.2. The number of hydrogen-bond donors (Lipinski definition) is 0. The van der Waals surface area contributed by atoms with Crippen molar-refractivity contribution in [1.82, 2.24) is 4.98 Å². The van der Waals surface area contributed by atoms with E-state index in [0.29, 0.717) is 5.75 Å². The van der Waals surface area contributed by atoms with Gasteiger partial charge in [-0.3, -0.25) is 14.6 Å². The molecule has 16 heavy (non-hydrogen) atoms. The number of hydrogen-bond acceptors (Lipinski definition) is 5. The average molecular weight is 221 g/mol. The van der Waals surface area contributed by atoms with Crippen LogP contribution in [0.3, 0.4) is 0 Å². The molecule has 0 aromatic carbocycles. The van der Waals surface area contributed by atoms with Crippen LogP contribution < -0.4 is 4.74 Å². The maximum absolute atomic E-state index is 11.1. The van der Waals surface area contributed by atoms with E-state index >= 15 is 0 Å². The average Bonchev–Trinajstić information content (AvgIpc) is 2.28. The third kappa shape index (κ3) is 2.18. The van der Waals surface area contributed by atoms with Crippen LogP contribution in [0, 0.1) is 0 Å². The van der Waals surface area contributed by atoms with Crippen LogP contribution in [0.1, 0.15) is 24.3 Å². The zero-order valence-corrected chi connectivity index (χ0v) is 8.80. The zero-order chi connectivity index (χ0) is 11.5. The van der Waals surface area contributed by atoms with E-state index < -0.39 is 11.9 Å². The van der Waals surface area contributed by atoms with Crippen molar-refractivity contribution < 1.29 is 19.1 Å². The number of carbonyl (C=O) groups is 2. The van der Waals surface area contributed by atoms with Gasteiger partial charge in [0, 0.05) is 12.1 Å². The first-order valence-electron chi connectivity index (χ1n) is 4.91. The predicted octanol–water partition coefficient (Wildman–Crippen LogP) is 1.04. The summed E-state index contributed by atoms with van der Waals surface area (Å²) < 4.78 is 9.50. The van der Waals surface area contributed by atoms with Gasteiger partial charge in [0.2, 0.25) is 0 Å². The minimum Gasteiger partial charge on any atom is -0.495 e. The van der Waals surface area contributed by atoms with Gasteiger partial charge in [0.05, 0.1) is 26.1 Å². The van der Waals surface area contributed by atoms with Crippen LogP contribution in [0.15, 0.2) is 18.5 Å². The molecule has 1 aliphatic heterocycles. The van der Waals surface area contributed by atoms with E-state index in [0.717, 1.165) is 5.56 Å². The number of nitrogens with zero attached hydrogens (tertiary/aromatic N) is 1. The predicted molar refractivity (Wildman–Crippen MR) is 53.9 cm³/mol. The van der Waals surface area contributed by atoms with Crippen molar-refractivity contribution in [2.75, 3.05) is 7.11 Å². The van der Waals surface area contributed by atoms with Crippen LogP contribution in [0.4, 0.5) is 0 Å². The molecule has 1 aliphatic rings. The standard InChI is InChI=1S/C11H11NO4/c1-15-9-2-8(5-12-6-9)7-3-10(13)16-11(14)4-7/h2,5-7H,3-4H2,1H3. The normalized spacial score (nSPS) is 17.1. The summed E-state index contributed by atoms with van der Waals surface area (Å²) in [7, 11) is 1.54. The van der Waals surface area contributed by atoms with Crippen LogP contribution in [-0.4, -0.2) is 24.0 Å². The van der Waals surface area contributed by atoms with Crippen LogP contribution in [0.2, 0.25) is 0 Å². The van der Waals surface area contributed by atoms with Gasteiger partial charge in [-0.25, -0.2) is 0 Å². The van der Waals surface area contributed by atoms with Crippen molar-refractivity contribution in [3.63, 3.8) is 0 Å². The van der Waals surface area contributed by atoms with Crippen LogP contribution in [0.25, 0.3) is 0 Å². The summed E-state index contributed by atoms with van der Waals surface area (Å²) in [5, 5.41) is 0. The van der Waals surface area contributed by atoms with E-state index in [1.165, 1.54) is 0 Å². The van der Waals surface area contributed by atoms with Crippen molar-refractivity contribution in [1.29, 1.82) is 0 Å². The highest BCUT2D eigenvalue weighted by molar-refractivity contribution is 5.89. The first-order chi connectivity index (χ1) is 7.69. The Bertz CT molecular complexity index is 414. The molecule has 0 atom stereocenters. The van der Waals surface area contributed by atoms with E-state index in [2.05, 4.69) is 9.72 Å². The van der Waals surface area contributed by atoms with E-state index in [4.69, 9.17) is 4.74 Å². The number of rotatable bonds is 2. The first-order valence-corrected chi connectivity index (χ1v) is 4.91. The van der Waals surface area contributed by atoms with Gasteiger partial charge < -0.3 is 9.47 Å². The molecule has 1 aromatic rings. The quantitative estimate of drug-likeness (QED) is 0.551. The van der Waals surface area contributed by atoms with Crippen molar-refractivity contribution >= 4 is 11.9 Å². The molecule has 0 bridgehead atoms. The van der Waals surface area contributed by atoms with Gasteiger partial charge in [-0.15, -0.1) is 0 Å². The fraction of sp³-hybridized carbons (Fsp3) is 0.364. The Morgan fingerprint density at radius 3 is 2.62 bits per heavy atom. The van der Waals surface area contributed by atoms with Crippen molar-refractivity contribution in [2.45, 2.75) is 18.8 Å². The lowest BCUT2D eigenvalue weighted by molar-refractivity contribution is -0.163. The van der Waals surface area contributed by atoms with Crippen LogP contribution in [-0.2, 0) is 14.3 Å². The van der Waals surface area contributed by atoms with Gasteiger partial charge in [-0.1, -0.05) is 0 Å². The van der Waals surface area contributed by atoms with Gasteiger partial charge in [-0.05, 0) is 11.6 Å². The molecule has 0 spiro atoms. The number of esters is 2. The summed E-state index contributed by atoms with van der Waals surface area (Å²) in [5.74, 6) is -0.506. The molecule has 5 heteroatoms. The monoisotopic (exact) mass is 221 g/mol. The van der Waals surface area contributed by atoms with Crippen molar-refractivity contribution in [2.24, 2.45) is 0 Å². The first kappa shape index (κ1) is 10.6. The molecule has 1 aromatic heterocycles. The third-order valence-electron chi connectivity index (χ3n) is 2.50. The molecule has 84 valence electrons. The fourth-order valence-corrected chi connectivity index (χ4v) is 1.69. The Kier molecular flexibility index (Phi) is 2.85. The maximum Gasteiger partial charge on any atom is 0.314 e. The van der Waals surface area contributed by atoms with E-state index in [-0.39, 0.29) is 18.8 Å². The van der Waals surface area contributed by atoms with Gasteiger partial charge in [0.25, 0.3) is 0 Å². The zero-order valence-electron chi connectivity index (χ0n) is 8.80. The number of carbonyl (C=O) groups excluding carboxylic acids is 2. The Hall–Kier alpha value is -1.91. The van der Waals surface area contributed by atoms with E-state index in [1.54, 1.807) is 25.6 Å². The fourth-order valence-electron chi connectivity index (χ4n) is 1.69. The minimum absolute atomic E-state index is 0.156. The molecule has 2 heterocycles. The van der Waals surface area contributed by atoms with E-state index in [9.17, 15) is 9.59 Å². The van der Waals surface area contributed by atoms with Crippen LogP contribution >= 0.6 is 0 Å².